The topological polar surface area (TPSA) is 82.6 Å². The van der Waals surface area contributed by atoms with Crippen LogP contribution < -0.4 is 5.30 Å². The summed E-state index contributed by atoms with van der Waals surface area (Å²) >= 11 is 0. The van der Waals surface area contributed by atoms with E-state index < -0.39 is 25.6 Å². The van der Waals surface area contributed by atoms with E-state index in [4.69, 9.17) is 4.52 Å². The largest absolute Gasteiger partial charge is 0.480 e. The Morgan fingerprint density at radius 1 is 0.897 bits per heavy atom. The number of carboxylic acid groups (broad SMARTS) is 1. The van der Waals surface area contributed by atoms with E-state index >= 15 is 4.57 Å². The van der Waals surface area contributed by atoms with E-state index in [1.54, 1.807) is 16.8 Å². The predicted octanol–water partition coefficient (Wildman–Crippen LogP) is 6.79. The maximum absolute atomic E-state index is 15.3. The number of nitrogens with one attached hydrogen (secondary N) is 1. The van der Waals surface area contributed by atoms with Crippen LogP contribution in [0.25, 0.3) is 22.0 Å². The first-order chi connectivity index (χ1) is 19.0. The number of nitrogens with zero attached hydrogens (tertiary/aromatic N) is 1. The first kappa shape index (κ1) is 25.3. The van der Waals surface area contributed by atoms with E-state index in [0.717, 1.165) is 38.7 Å². The summed E-state index contributed by atoms with van der Waals surface area (Å²) in [5, 5.41) is 11.9. The van der Waals surface area contributed by atoms with Crippen LogP contribution in [-0.2, 0) is 20.3 Å². The normalized spacial score (nSPS) is 15.1. The lowest BCUT2D eigenvalue weighted by atomic mass is 10.1. The second-order valence-electron chi connectivity index (χ2n) is 9.69. The van der Waals surface area contributed by atoms with Crippen LogP contribution in [0.4, 0.5) is 0 Å². The molecular formula is C32H29N2O4P. The summed E-state index contributed by atoms with van der Waals surface area (Å²) in [7, 11) is -3.89. The number of para-hydroxylation sites is 1. The maximum atomic E-state index is 15.3. The highest BCUT2D eigenvalue weighted by molar-refractivity contribution is 7.64. The zero-order chi connectivity index (χ0) is 27.0. The number of H-pyrrole nitrogens is 1. The molecule has 1 heterocycles. The van der Waals surface area contributed by atoms with Gasteiger partial charge in [0.25, 0.3) is 0 Å². The predicted molar refractivity (Wildman–Crippen MR) is 154 cm³/mol. The van der Waals surface area contributed by atoms with Gasteiger partial charge in [0.05, 0.1) is 5.30 Å². The van der Waals surface area contributed by atoms with Gasteiger partial charge >= 0.3 is 13.5 Å². The van der Waals surface area contributed by atoms with Gasteiger partial charge in [-0.05, 0) is 46.0 Å². The van der Waals surface area contributed by atoms with Gasteiger partial charge in [-0.15, -0.1) is 0 Å². The zero-order valence-corrected chi connectivity index (χ0v) is 22.4. The second kappa shape index (κ2) is 10.3. The fourth-order valence-electron chi connectivity index (χ4n) is 5.67. The average molecular weight is 537 g/mol. The van der Waals surface area contributed by atoms with Crippen molar-refractivity contribution in [1.82, 2.24) is 9.65 Å². The molecule has 0 unspecified atom stereocenters. The van der Waals surface area contributed by atoms with Gasteiger partial charge in [-0.1, -0.05) is 91.9 Å². The Morgan fingerprint density at radius 3 is 2.13 bits per heavy atom. The Balaban J connectivity index is 1.46. The Hall–Kier alpha value is -3.96. The molecule has 0 aliphatic heterocycles. The number of hydrogen-bond acceptors (Lipinski definition) is 3. The van der Waals surface area contributed by atoms with E-state index in [-0.39, 0.29) is 13.0 Å². The monoisotopic (exact) mass is 536 g/mol. The number of hydrogen-bond donors (Lipinski definition) is 2. The molecule has 6 nitrogen and oxygen atoms in total. The van der Waals surface area contributed by atoms with E-state index in [1.807, 2.05) is 104 Å². The Bertz CT molecular complexity index is 1650. The van der Waals surface area contributed by atoms with Crippen LogP contribution in [-0.4, -0.2) is 33.3 Å². The van der Waals surface area contributed by atoms with Gasteiger partial charge in [0.15, 0.2) is 0 Å². The van der Waals surface area contributed by atoms with Crippen LogP contribution >= 0.6 is 7.52 Å². The van der Waals surface area contributed by atoms with Gasteiger partial charge in [0.1, 0.15) is 12.1 Å². The summed E-state index contributed by atoms with van der Waals surface area (Å²) in [6.07, 6.45) is 1.41. The van der Waals surface area contributed by atoms with E-state index in [9.17, 15) is 9.90 Å². The molecular weight excluding hydrogens is 507 g/mol. The third-order valence-corrected chi connectivity index (χ3v) is 10.2. The van der Waals surface area contributed by atoms with Crippen LogP contribution in [0, 0.1) is 0 Å². The highest BCUT2D eigenvalue weighted by Crippen LogP contribution is 2.59. The number of carbonyl (C=O) groups is 1. The number of likely N-dealkylation sites (N-methyl/N-ethyl adjacent to an activating group) is 1. The van der Waals surface area contributed by atoms with Crippen molar-refractivity contribution < 1.29 is 19.0 Å². The zero-order valence-electron chi connectivity index (χ0n) is 21.5. The standard InChI is InChI=1S/C32H29N2O4P/c1-2-34(30(32(35)36)20-22-21-33-29-19-11-10-14-24(22)29)39(37,23-12-4-3-5-13-23)38-31-27-17-8-6-15-25(27)26-16-7-9-18-28(26)31/h3-19,21,30-31,33H,2,20H2,1H3,(H,35,36)/t30-,39-/m0/s1. The van der Waals surface area contributed by atoms with E-state index in [2.05, 4.69) is 4.98 Å². The number of fused-ring (bicyclic) bond motifs is 4. The lowest BCUT2D eigenvalue weighted by Gasteiger charge is -2.36. The lowest BCUT2D eigenvalue weighted by molar-refractivity contribution is -0.141. The van der Waals surface area contributed by atoms with Crippen LogP contribution in [0.1, 0.15) is 29.7 Å². The number of rotatable bonds is 9. The van der Waals surface area contributed by atoms with Gasteiger partial charge in [-0.2, -0.15) is 0 Å². The molecule has 2 N–H and O–H groups in total. The molecule has 196 valence electrons. The summed E-state index contributed by atoms with van der Waals surface area (Å²) in [6, 6.07) is 31.6. The van der Waals surface area contributed by atoms with Crippen LogP contribution in [0.2, 0.25) is 0 Å². The molecule has 1 aliphatic carbocycles. The van der Waals surface area contributed by atoms with Crippen molar-refractivity contribution in [2.45, 2.75) is 25.5 Å². The van der Waals surface area contributed by atoms with Gasteiger partial charge in [-0.25, -0.2) is 4.67 Å². The highest BCUT2D eigenvalue weighted by atomic mass is 31.2. The van der Waals surface area contributed by atoms with Gasteiger partial charge in [0, 0.05) is 30.1 Å². The smallest absolute Gasteiger partial charge is 0.321 e. The quantitative estimate of drug-likeness (QED) is 0.203. The maximum Gasteiger partial charge on any atom is 0.321 e. The molecule has 0 radical (unpaired) electrons. The summed E-state index contributed by atoms with van der Waals surface area (Å²) in [6.45, 7) is 2.06. The Kier molecular flexibility index (Phi) is 6.69. The summed E-state index contributed by atoms with van der Waals surface area (Å²) in [4.78, 5) is 16.1. The summed E-state index contributed by atoms with van der Waals surface area (Å²) in [5.74, 6) is -1.05. The molecule has 0 spiro atoms. The summed E-state index contributed by atoms with van der Waals surface area (Å²) < 4.78 is 23.6. The van der Waals surface area contributed by atoms with Crippen LogP contribution in [0.15, 0.2) is 109 Å². The average Bonchev–Trinajstić information content (AvgIpc) is 3.52. The third kappa shape index (κ3) is 4.41. The molecule has 39 heavy (non-hydrogen) atoms. The van der Waals surface area contributed by atoms with Crippen molar-refractivity contribution in [3.8, 4) is 11.1 Å². The fourth-order valence-corrected chi connectivity index (χ4v) is 8.19. The minimum absolute atomic E-state index is 0.172. The number of aromatic nitrogens is 1. The van der Waals surface area contributed by atoms with E-state index in [0.29, 0.717) is 5.30 Å². The Morgan fingerprint density at radius 2 is 1.49 bits per heavy atom. The first-order valence-electron chi connectivity index (χ1n) is 13.1. The first-order valence-corrected chi connectivity index (χ1v) is 14.7. The molecule has 5 aromatic rings. The molecule has 6 rings (SSSR count). The van der Waals surface area contributed by atoms with Crippen molar-refractivity contribution in [3.05, 3.63) is 126 Å². The molecule has 4 aromatic carbocycles. The third-order valence-electron chi connectivity index (χ3n) is 7.50. The number of aromatic amines is 1. The lowest BCUT2D eigenvalue weighted by Crippen LogP contribution is -2.43. The number of benzene rings is 4. The van der Waals surface area contributed by atoms with Crippen LogP contribution in [0.3, 0.4) is 0 Å². The van der Waals surface area contributed by atoms with Gasteiger partial charge in [0.2, 0.25) is 0 Å². The second-order valence-corrected chi connectivity index (χ2v) is 12.0. The molecule has 0 saturated heterocycles. The van der Waals surface area contributed by atoms with Crippen molar-refractivity contribution >= 4 is 29.7 Å². The number of aliphatic carboxylic acids is 1. The number of carboxylic acids is 1. The van der Waals surface area contributed by atoms with Crippen molar-refractivity contribution in [2.24, 2.45) is 0 Å². The molecule has 7 heteroatoms. The SMILES string of the molecule is CCN([C@@H](Cc1c[nH]c2ccccc12)C(=O)O)[P@@](=O)(OC1c2ccccc2-c2ccccc21)c1ccccc1. The van der Waals surface area contributed by atoms with Gasteiger partial charge < -0.3 is 14.6 Å². The minimum Gasteiger partial charge on any atom is -0.480 e. The molecule has 0 bridgehead atoms. The van der Waals surface area contributed by atoms with E-state index in [1.165, 1.54) is 0 Å². The molecule has 0 amide bonds. The minimum atomic E-state index is -3.89. The molecule has 1 aliphatic rings. The molecule has 0 fully saturated rings. The van der Waals surface area contributed by atoms with Crippen molar-refractivity contribution in [1.29, 1.82) is 0 Å². The molecule has 0 saturated carbocycles. The van der Waals surface area contributed by atoms with Gasteiger partial charge in [-0.3, -0.25) is 9.36 Å². The molecule has 2 atom stereocenters. The summed E-state index contributed by atoms with van der Waals surface area (Å²) in [5.41, 5.74) is 5.71. The fraction of sp³-hybridized carbons (Fsp3) is 0.156. The van der Waals surface area contributed by atoms with Crippen molar-refractivity contribution in [2.75, 3.05) is 6.54 Å². The Labute approximate surface area is 227 Å². The van der Waals surface area contributed by atoms with Crippen molar-refractivity contribution in [3.63, 3.8) is 0 Å². The highest BCUT2D eigenvalue weighted by Gasteiger charge is 2.45. The van der Waals surface area contributed by atoms with Crippen LogP contribution in [0.5, 0.6) is 0 Å². The molecule has 1 aromatic heterocycles.